The average Bonchev–Trinajstić information content (AvgIpc) is 2.48. The standard InChI is InChI=1S/C15H23ClN2O2/c1-19-8-3-9-20-15(12-4-2-6-17-11-12)14-10-13(16)5-7-18-14/h5,7,10,12,15,17H,2-4,6,8-9,11H2,1H3/t12-,15-/m1/s1. The van der Waals surface area contributed by atoms with Gasteiger partial charge in [-0.15, -0.1) is 0 Å². The number of pyridine rings is 1. The van der Waals surface area contributed by atoms with E-state index in [2.05, 4.69) is 10.3 Å². The van der Waals surface area contributed by atoms with Crippen LogP contribution >= 0.6 is 11.6 Å². The van der Waals surface area contributed by atoms with Gasteiger partial charge in [0.25, 0.3) is 0 Å². The van der Waals surface area contributed by atoms with Gasteiger partial charge < -0.3 is 14.8 Å². The summed E-state index contributed by atoms with van der Waals surface area (Å²) in [6.45, 7) is 3.47. The van der Waals surface area contributed by atoms with Crippen LogP contribution in [0.15, 0.2) is 18.3 Å². The van der Waals surface area contributed by atoms with E-state index in [1.807, 2.05) is 6.07 Å². The molecule has 1 fully saturated rings. The van der Waals surface area contributed by atoms with E-state index in [9.17, 15) is 0 Å². The molecule has 0 saturated carbocycles. The highest BCUT2D eigenvalue weighted by molar-refractivity contribution is 6.30. The van der Waals surface area contributed by atoms with Crippen molar-refractivity contribution in [2.24, 2.45) is 5.92 Å². The van der Waals surface area contributed by atoms with E-state index in [1.54, 1.807) is 19.4 Å². The zero-order valence-electron chi connectivity index (χ0n) is 12.0. The third-order valence-corrected chi connectivity index (χ3v) is 3.82. The highest BCUT2D eigenvalue weighted by atomic mass is 35.5. The predicted molar refractivity (Wildman–Crippen MR) is 80.0 cm³/mol. The molecule has 1 aliphatic heterocycles. The first-order valence-electron chi connectivity index (χ1n) is 7.24. The number of ether oxygens (including phenoxy) is 2. The van der Waals surface area contributed by atoms with Gasteiger partial charge in [-0.3, -0.25) is 4.98 Å². The monoisotopic (exact) mass is 298 g/mol. The molecular formula is C15H23ClN2O2. The summed E-state index contributed by atoms with van der Waals surface area (Å²) in [6, 6.07) is 3.71. The lowest BCUT2D eigenvalue weighted by molar-refractivity contribution is -0.00752. The molecule has 2 rings (SSSR count). The first-order valence-corrected chi connectivity index (χ1v) is 7.62. The van der Waals surface area contributed by atoms with Gasteiger partial charge >= 0.3 is 0 Å². The smallest absolute Gasteiger partial charge is 0.103 e. The molecule has 2 atom stereocenters. The van der Waals surface area contributed by atoms with Gasteiger partial charge in [-0.25, -0.2) is 0 Å². The summed E-state index contributed by atoms with van der Waals surface area (Å²) in [6.07, 6.45) is 5.00. The Bertz CT molecular complexity index is 397. The van der Waals surface area contributed by atoms with Crippen molar-refractivity contribution in [2.45, 2.75) is 25.4 Å². The Morgan fingerprint density at radius 2 is 2.40 bits per heavy atom. The summed E-state index contributed by atoms with van der Waals surface area (Å²) < 4.78 is 11.1. The fourth-order valence-electron chi connectivity index (χ4n) is 2.59. The van der Waals surface area contributed by atoms with E-state index in [1.165, 1.54) is 6.42 Å². The molecule has 2 heterocycles. The van der Waals surface area contributed by atoms with Crippen molar-refractivity contribution < 1.29 is 9.47 Å². The summed E-state index contributed by atoms with van der Waals surface area (Å²) in [4.78, 5) is 4.45. The molecule has 5 heteroatoms. The quantitative estimate of drug-likeness (QED) is 0.786. The Labute approximate surface area is 125 Å². The topological polar surface area (TPSA) is 43.4 Å². The fraction of sp³-hybridized carbons (Fsp3) is 0.667. The maximum Gasteiger partial charge on any atom is 0.103 e. The molecule has 112 valence electrons. The molecule has 0 radical (unpaired) electrons. The van der Waals surface area contributed by atoms with Gasteiger partial charge in [-0.2, -0.15) is 0 Å². The molecule has 1 aromatic rings. The molecule has 20 heavy (non-hydrogen) atoms. The molecular weight excluding hydrogens is 276 g/mol. The maximum absolute atomic E-state index is 6.08. The number of methoxy groups -OCH3 is 1. The Morgan fingerprint density at radius 1 is 1.50 bits per heavy atom. The maximum atomic E-state index is 6.08. The summed E-state index contributed by atoms with van der Waals surface area (Å²) >= 11 is 6.08. The third-order valence-electron chi connectivity index (χ3n) is 3.59. The number of hydrogen-bond donors (Lipinski definition) is 1. The molecule has 0 aliphatic carbocycles. The zero-order valence-corrected chi connectivity index (χ0v) is 12.7. The Kier molecular flexibility index (Phi) is 6.73. The van der Waals surface area contributed by atoms with Crippen LogP contribution in [0.1, 0.15) is 31.1 Å². The number of hydrogen-bond acceptors (Lipinski definition) is 4. The molecule has 0 unspecified atom stereocenters. The second-order valence-corrected chi connectivity index (χ2v) is 5.58. The molecule has 0 bridgehead atoms. The highest BCUT2D eigenvalue weighted by Crippen LogP contribution is 2.30. The lowest BCUT2D eigenvalue weighted by Crippen LogP contribution is -2.34. The lowest BCUT2D eigenvalue weighted by atomic mass is 9.91. The van der Waals surface area contributed by atoms with Crippen LogP contribution in [-0.4, -0.2) is 38.4 Å². The lowest BCUT2D eigenvalue weighted by Gasteiger charge is -2.30. The SMILES string of the molecule is COCCCO[C@@H](c1cc(Cl)ccn1)[C@@H]1CCCNC1. The van der Waals surface area contributed by atoms with E-state index in [4.69, 9.17) is 21.1 Å². The van der Waals surface area contributed by atoms with Gasteiger partial charge in [0.15, 0.2) is 0 Å². The van der Waals surface area contributed by atoms with Crippen molar-refractivity contribution in [3.63, 3.8) is 0 Å². The van der Waals surface area contributed by atoms with Crippen molar-refractivity contribution in [3.05, 3.63) is 29.0 Å². The highest BCUT2D eigenvalue weighted by Gasteiger charge is 2.26. The van der Waals surface area contributed by atoms with Crippen LogP contribution in [0.2, 0.25) is 5.02 Å². The number of halogens is 1. The van der Waals surface area contributed by atoms with Crippen LogP contribution in [0.4, 0.5) is 0 Å². The Hall–Kier alpha value is -0.680. The summed E-state index contributed by atoms with van der Waals surface area (Å²) in [5, 5.41) is 4.15. The van der Waals surface area contributed by atoms with Crippen LogP contribution < -0.4 is 5.32 Å². The van der Waals surface area contributed by atoms with E-state index >= 15 is 0 Å². The van der Waals surface area contributed by atoms with E-state index in [0.717, 1.165) is 38.2 Å². The normalized spacial score (nSPS) is 20.8. The summed E-state index contributed by atoms with van der Waals surface area (Å²) in [5.41, 5.74) is 0.934. The van der Waals surface area contributed by atoms with Gasteiger partial charge in [-0.1, -0.05) is 11.6 Å². The van der Waals surface area contributed by atoms with Crippen LogP contribution in [-0.2, 0) is 9.47 Å². The van der Waals surface area contributed by atoms with E-state index < -0.39 is 0 Å². The second-order valence-electron chi connectivity index (χ2n) is 5.14. The number of nitrogens with one attached hydrogen (secondary N) is 1. The molecule has 0 aromatic carbocycles. The van der Waals surface area contributed by atoms with Gasteiger partial charge in [-0.05, 0) is 37.9 Å². The Morgan fingerprint density at radius 3 is 3.10 bits per heavy atom. The van der Waals surface area contributed by atoms with Gasteiger partial charge in [0.1, 0.15) is 6.10 Å². The number of rotatable bonds is 7. The molecule has 1 aromatic heterocycles. The van der Waals surface area contributed by atoms with Crippen molar-refractivity contribution in [3.8, 4) is 0 Å². The van der Waals surface area contributed by atoms with Gasteiger partial charge in [0.05, 0.1) is 5.69 Å². The molecule has 0 amide bonds. The molecule has 0 spiro atoms. The molecule has 1 saturated heterocycles. The summed E-state index contributed by atoms with van der Waals surface area (Å²) in [5.74, 6) is 0.456. The van der Waals surface area contributed by atoms with E-state index in [0.29, 0.717) is 17.5 Å². The van der Waals surface area contributed by atoms with Crippen LogP contribution in [0.5, 0.6) is 0 Å². The van der Waals surface area contributed by atoms with Gasteiger partial charge in [0, 0.05) is 44.0 Å². The fourth-order valence-corrected chi connectivity index (χ4v) is 2.76. The van der Waals surface area contributed by atoms with Crippen LogP contribution in [0, 0.1) is 5.92 Å². The molecule has 1 N–H and O–H groups in total. The number of aromatic nitrogens is 1. The van der Waals surface area contributed by atoms with Gasteiger partial charge in [0.2, 0.25) is 0 Å². The second kappa shape index (κ2) is 8.57. The van der Waals surface area contributed by atoms with Crippen molar-refractivity contribution in [1.82, 2.24) is 10.3 Å². The molecule has 4 nitrogen and oxygen atoms in total. The third kappa shape index (κ3) is 4.70. The minimum Gasteiger partial charge on any atom is -0.385 e. The molecule has 1 aliphatic rings. The van der Waals surface area contributed by atoms with Crippen molar-refractivity contribution >= 4 is 11.6 Å². The zero-order chi connectivity index (χ0) is 14.2. The van der Waals surface area contributed by atoms with Crippen LogP contribution in [0.25, 0.3) is 0 Å². The Balaban J connectivity index is 2.02. The largest absolute Gasteiger partial charge is 0.385 e. The number of piperidine rings is 1. The average molecular weight is 299 g/mol. The first kappa shape index (κ1) is 15.7. The summed E-state index contributed by atoms with van der Waals surface area (Å²) in [7, 11) is 1.71. The van der Waals surface area contributed by atoms with Crippen LogP contribution in [0.3, 0.4) is 0 Å². The van der Waals surface area contributed by atoms with Crippen molar-refractivity contribution in [2.75, 3.05) is 33.4 Å². The van der Waals surface area contributed by atoms with Crippen molar-refractivity contribution in [1.29, 1.82) is 0 Å². The minimum atomic E-state index is 0.0124. The predicted octanol–water partition coefficient (Wildman–Crippen LogP) is 2.83. The minimum absolute atomic E-state index is 0.0124. The van der Waals surface area contributed by atoms with E-state index in [-0.39, 0.29) is 6.10 Å². The first-order chi connectivity index (χ1) is 9.81. The number of nitrogens with zero attached hydrogens (tertiary/aromatic N) is 1.